The van der Waals surface area contributed by atoms with Crippen molar-refractivity contribution in [1.82, 2.24) is 9.13 Å². The van der Waals surface area contributed by atoms with Gasteiger partial charge in [-0.2, -0.15) is 0 Å². The smallest absolute Gasteiger partial charge is 0.338 e. The Labute approximate surface area is 256 Å². The predicted octanol–water partition coefficient (Wildman–Crippen LogP) is 6.50. The maximum Gasteiger partial charge on any atom is 0.338 e. The zero-order valence-electron chi connectivity index (χ0n) is 23.2. The third-order valence-electron chi connectivity index (χ3n) is 7.14. The second-order valence-corrected chi connectivity index (χ2v) is 12.2. The van der Waals surface area contributed by atoms with E-state index in [4.69, 9.17) is 32.9 Å². The summed E-state index contributed by atoms with van der Waals surface area (Å²) in [6, 6.07) is 22.6. The van der Waals surface area contributed by atoms with E-state index in [1.54, 1.807) is 31.4 Å². The molecule has 0 saturated carbocycles. The Hall–Kier alpha value is -3.91. The maximum atomic E-state index is 14.1. The Morgan fingerprint density at radius 1 is 1.05 bits per heavy atom. The molecule has 3 heterocycles. The van der Waals surface area contributed by atoms with Crippen LogP contribution in [-0.2, 0) is 16.1 Å². The van der Waals surface area contributed by atoms with Crippen molar-refractivity contribution in [2.45, 2.75) is 39.5 Å². The van der Waals surface area contributed by atoms with Crippen molar-refractivity contribution in [1.29, 1.82) is 0 Å². The first kappa shape index (κ1) is 28.2. The minimum absolute atomic E-state index is 0.212. The number of hydrogen-bond acceptors (Lipinski definition) is 5. The summed E-state index contributed by atoms with van der Waals surface area (Å²) in [6.45, 7) is 5.98. The molecule has 1 aliphatic heterocycles. The normalized spacial score (nSPS) is 15.3. The lowest BCUT2D eigenvalue weighted by molar-refractivity contribution is -0.143. The molecule has 6 nitrogen and oxygen atoms in total. The topological polar surface area (TPSA) is 65.6 Å². The lowest BCUT2D eigenvalue weighted by Crippen LogP contribution is -2.40. The number of allylic oxidation sites excluding steroid dienone is 1. The average Bonchev–Trinajstić information content (AvgIpc) is 3.46. The van der Waals surface area contributed by atoms with Gasteiger partial charge in [-0.15, -0.1) is 0 Å². The highest BCUT2D eigenvalue weighted by molar-refractivity contribution is 7.07. The molecule has 0 N–H and O–H groups in total. The number of esters is 1. The predicted molar refractivity (Wildman–Crippen MR) is 169 cm³/mol. The van der Waals surface area contributed by atoms with Crippen LogP contribution in [0.15, 0.2) is 100 Å². The molecule has 5 aromatic rings. The third-order valence-corrected chi connectivity index (χ3v) is 8.86. The molecule has 0 bridgehead atoms. The van der Waals surface area contributed by atoms with Gasteiger partial charge in [-0.05, 0) is 56.2 Å². The number of ether oxygens (including phenoxy) is 1. The Morgan fingerprint density at radius 2 is 1.79 bits per heavy atom. The van der Waals surface area contributed by atoms with E-state index in [2.05, 4.69) is 10.6 Å². The summed E-state index contributed by atoms with van der Waals surface area (Å²) in [5, 5.41) is 2.03. The summed E-state index contributed by atoms with van der Waals surface area (Å²) in [7, 11) is 0. The number of carbonyl (C=O) groups is 1. The molecule has 1 unspecified atom stereocenters. The zero-order chi connectivity index (χ0) is 29.5. The molecule has 0 aliphatic carbocycles. The van der Waals surface area contributed by atoms with E-state index in [0.717, 1.165) is 27.6 Å². The third kappa shape index (κ3) is 5.24. The number of nitrogens with zero attached hydrogens (tertiary/aromatic N) is 3. The lowest BCUT2D eigenvalue weighted by atomic mass is 9.96. The summed E-state index contributed by atoms with van der Waals surface area (Å²) in [4.78, 5) is 32.6. The van der Waals surface area contributed by atoms with Crippen LogP contribution in [0.5, 0.6) is 0 Å². The zero-order valence-corrected chi connectivity index (χ0v) is 25.5. The van der Waals surface area contributed by atoms with E-state index < -0.39 is 12.0 Å². The van der Waals surface area contributed by atoms with Gasteiger partial charge in [-0.1, -0.05) is 89.1 Å². The molecule has 9 heteroatoms. The number of carbonyl (C=O) groups excluding carboxylic acids is 1. The molecule has 1 atom stereocenters. The van der Waals surface area contributed by atoms with Crippen molar-refractivity contribution >= 4 is 57.5 Å². The van der Waals surface area contributed by atoms with Gasteiger partial charge in [-0.3, -0.25) is 9.36 Å². The first-order valence-electron chi connectivity index (χ1n) is 13.5. The van der Waals surface area contributed by atoms with Crippen LogP contribution >= 0.6 is 34.5 Å². The maximum absolute atomic E-state index is 14.1. The summed E-state index contributed by atoms with van der Waals surface area (Å²) in [5.74, 6) is -0.472. The average molecular weight is 617 g/mol. The van der Waals surface area contributed by atoms with Crippen LogP contribution in [0.2, 0.25) is 10.0 Å². The molecule has 0 saturated heterocycles. The van der Waals surface area contributed by atoms with Crippen molar-refractivity contribution < 1.29 is 9.53 Å². The molecule has 1 aliphatic rings. The summed E-state index contributed by atoms with van der Waals surface area (Å²) in [6.07, 6.45) is 3.64. The Bertz CT molecular complexity index is 2060. The van der Waals surface area contributed by atoms with Crippen LogP contribution in [0.25, 0.3) is 17.0 Å². The summed E-state index contributed by atoms with van der Waals surface area (Å²) >= 11 is 13.7. The van der Waals surface area contributed by atoms with E-state index in [1.165, 1.54) is 11.3 Å². The van der Waals surface area contributed by atoms with Gasteiger partial charge in [0.05, 0.1) is 38.0 Å². The number of rotatable bonds is 6. The highest BCUT2D eigenvalue weighted by atomic mass is 35.5. The number of benzene rings is 3. The minimum atomic E-state index is -0.646. The van der Waals surface area contributed by atoms with Crippen LogP contribution in [-0.4, -0.2) is 21.2 Å². The van der Waals surface area contributed by atoms with Gasteiger partial charge in [0, 0.05) is 29.2 Å². The molecule has 6 rings (SSSR count). The number of thiazole rings is 1. The quantitative estimate of drug-likeness (QED) is 0.205. The lowest BCUT2D eigenvalue weighted by Gasteiger charge is -2.25. The Kier molecular flexibility index (Phi) is 7.66. The molecule has 0 radical (unpaired) electrons. The number of hydrogen-bond donors (Lipinski definition) is 0. The van der Waals surface area contributed by atoms with E-state index in [9.17, 15) is 9.59 Å². The SMILES string of the molecule is CC1=C(C(=O)OC(C)C)C(c2ccccc2)n2c(sc(=Cc3cn(Cc4ccc(Cl)c(Cl)c4)c4ccccc34)c2=O)=N1. The highest BCUT2D eigenvalue weighted by Gasteiger charge is 2.33. The van der Waals surface area contributed by atoms with Crippen LogP contribution in [0.3, 0.4) is 0 Å². The van der Waals surface area contributed by atoms with Crippen LogP contribution < -0.4 is 14.9 Å². The van der Waals surface area contributed by atoms with E-state index in [0.29, 0.717) is 37.2 Å². The molecule has 42 heavy (non-hydrogen) atoms. The molecule has 2 aromatic heterocycles. The fourth-order valence-electron chi connectivity index (χ4n) is 5.31. The van der Waals surface area contributed by atoms with Crippen molar-refractivity contribution in [3.05, 3.63) is 137 Å². The molecular formula is C33H27Cl2N3O3S. The summed E-state index contributed by atoms with van der Waals surface area (Å²) in [5.41, 5.74) is 4.45. The minimum Gasteiger partial charge on any atom is -0.459 e. The van der Waals surface area contributed by atoms with Crippen molar-refractivity contribution in [2.24, 2.45) is 4.99 Å². The van der Waals surface area contributed by atoms with Gasteiger partial charge in [0.25, 0.3) is 5.56 Å². The first-order chi connectivity index (χ1) is 20.2. The largest absolute Gasteiger partial charge is 0.459 e. The number of aromatic nitrogens is 2. The fourth-order valence-corrected chi connectivity index (χ4v) is 6.67. The highest BCUT2D eigenvalue weighted by Crippen LogP contribution is 2.31. The molecule has 0 spiro atoms. The van der Waals surface area contributed by atoms with E-state index >= 15 is 0 Å². The van der Waals surface area contributed by atoms with Gasteiger partial charge >= 0.3 is 5.97 Å². The first-order valence-corrected chi connectivity index (χ1v) is 15.1. The summed E-state index contributed by atoms with van der Waals surface area (Å²) < 4.78 is 9.86. The monoisotopic (exact) mass is 615 g/mol. The molecular weight excluding hydrogens is 589 g/mol. The van der Waals surface area contributed by atoms with E-state index in [1.807, 2.05) is 72.9 Å². The van der Waals surface area contributed by atoms with Gasteiger partial charge in [0.2, 0.25) is 0 Å². The van der Waals surface area contributed by atoms with Crippen molar-refractivity contribution in [2.75, 3.05) is 0 Å². The van der Waals surface area contributed by atoms with Crippen LogP contribution in [0.4, 0.5) is 0 Å². The van der Waals surface area contributed by atoms with Gasteiger partial charge in [-0.25, -0.2) is 9.79 Å². The van der Waals surface area contributed by atoms with Crippen LogP contribution in [0.1, 0.15) is 43.5 Å². The molecule has 212 valence electrons. The van der Waals surface area contributed by atoms with Crippen molar-refractivity contribution in [3.8, 4) is 0 Å². The Morgan fingerprint density at radius 3 is 2.52 bits per heavy atom. The standard InChI is InChI=1S/C33H27Cl2N3O3S/c1-19(2)41-32(40)29-20(3)36-33-38(30(29)22-9-5-4-6-10-22)31(39)28(42-33)16-23-18-37(27-12-8-7-11-24(23)27)17-21-13-14-25(34)26(35)15-21/h4-16,18-19,30H,17H2,1-3H3. The second kappa shape index (κ2) is 11.4. The Balaban J connectivity index is 1.49. The fraction of sp³-hybridized carbons (Fsp3) is 0.182. The van der Waals surface area contributed by atoms with Crippen LogP contribution in [0, 0.1) is 0 Å². The second-order valence-electron chi connectivity index (χ2n) is 10.4. The van der Waals surface area contributed by atoms with Gasteiger partial charge < -0.3 is 9.30 Å². The van der Waals surface area contributed by atoms with E-state index in [-0.39, 0.29) is 11.7 Å². The molecule has 0 amide bonds. The number of fused-ring (bicyclic) bond motifs is 2. The van der Waals surface area contributed by atoms with Crippen molar-refractivity contribution in [3.63, 3.8) is 0 Å². The number of halogens is 2. The number of para-hydroxylation sites is 1. The van der Waals surface area contributed by atoms with Gasteiger partial charge in [0.1, 0.15) is 0 Å². The van der Waals surface area contributed by atoms with Gasteiger partial charge in [0.15, 0.2) is 4.80 Å². The molecule has 0 fully saturated rings. The molecule has 3 aromatic carbocycles.